The molecule has 2 unspecified atom stereocenters. The number of para-hydroxylation sites is 4. The number of hydrogen-bond acceptors (Lipinski definition) is 5. The van der Waals surface area contributed by atoms with Gasteiger partial charge in [-0.05, 0) is 37.6 Å². The molecule has 0 spiro atoms. The number of anilines is 1. The van der Waals surface area contributed by atoms with Gasteiger partial charge in [-0.25, -0.2) is 0 Å². The average Bonchev–Trinajstić information content (AvgIpc) is 3.25. The average molecular weight is 413 g/mol. The van der Waals surface area contributed by atoms with E-state index in [2.05, 4.69) is 26.6 Å². The minimum Gasteiger partial charge on any atom is -0.495 e. The number of nitrogens with zero attached hydrogens (tertiary/aromatic N) is 2. The predicted octanol–water partition coefficient (Wildman–Crippen LogP) is 2.92. The smallest absolute Gasteiger partial charge is 0.191 e. The lowest BCUT2D eigenvalue weighted by Gasteiger charge is -2.23. The van der Waals surface area contributed by atoms with Crippen LogP contribution in [0.5, 0.6) is 17.2 Å². The van der Waals surface area contributed by atoms with Crippen LogP contribution in [-0.4, -0.2) is 59.0 Å². The topological polar surface area (TPSA) is 67.4 Å². The van der Waals surface area contributed by atoms with Crippen molar-refractivity contribution in [1.82, 2.24) is 10.6 Å². The first-order valence-corrected chi connectivity index (χ1v) is 10.3. The van der Waals surface area contributed by atoms with Gasteiger partial charge in [-0.3, -0.25) is 4.99 Å². The monoisotopic (exact) mass is 412 g/mol. The minimum absolute atomic E-state index is 0.0477. The van der Waals surface area contributed by atoms with Crippen molar-refractivity contribution in [2.75, 3.05) is 45.8 Å². The van der Waals surface area contributed by atoms with Crippen molar-refractivity contribution in [2.45, 2.75) is 25.5 Å². The lowest BCUT2D eigenvalue weighted by Crippen LogP contribution is -2.47. The molecule has 0 aromatic heterocycles. The molecule has 7 nitrogen and oxygen atoms in total. The number of benzene rings is 2. The predicted molar refractivity (Wildman–Crippen MR) is 121 cm³/mol. The third-order valence-electron chi connectivity index (χ3n) is 5.13. The van der Waals surface area contributed by atoms with E-state index in [1.54, 1.807) is 21.3 Å². The molecule has 1 aliphatic rings. The van der Waals surface area contributed by atoms with Crippen molar-refractivity contribution < 1.29 is 14.2 Å². The van der Waals surface area contributed by atoms with Crippen LogP contribution in [0.3, 0.4) is 0 Å². The van der Waals surface area contributed by atoms with Gasteiger partial charge in [0, 0.05) is 26.2 Å². The molecule has 1 saturated heterocycles. The molecule has 0 amide bonds. The summed E-state index contributed by atoms with van der Waals surface area (Å²) >= 11 is 0. The summed E-state index contributed by atoms with van der Waals surface area (Å²) in [6.45, 7) is 4.52. The second-order valence-electron chi connectivity index (χ2n) is 7.28. The fourth-order valence-electron chi connectivity index (χ4n) is 3.59. The van der Waals surface area contributed by atoms with E-state index in [9.17, 15) is 0 Å². The summed E-state index contributed by atoms with van der Waals surface area (Å²) in [5, 5.41) is 6.88. The van der Waals surface area contributed by atoms with Crippen LogP contribution in [0, 0.1) is 0 Å². The van der Waals surface area contributed by atoms with E-state index in [-0.39, 0.29) is 6.10 Å². The van der Waals surface area contributed by atoms with Crippen LogP contribution in [0.1, 0.15) is 13.3 Å². The largest absolute Gasteiger partial charge is 0.495 e. The van der Waals surface area contributed by atoms with E-state index in [1.807, 2.05) is 49.4 Å². The molecule has 162 valence electrons. The van der Waals surface area contributed by atoms with Gasteiger partial charge in [0.1, 0.15) is 11.9 Å². The molecule has 0 bridgehead atoms. The van der Waals surface area contributed by atoms with Crippen LogP contribution in [0.25, 0.3) is 0 Å². The number of methoxy groups -OCH3 is 2. The van der Waals surface area contributed by atoms with Crippen molar-refractivity contribution in [1.29, 1.82) is 0 Å². The quantitative estimate of drug-likeness (QED) is 0.513. The van der Waals surface area contributed by atoms with Gasteiger partial charge in [-0.15, -0.1) is 0 Å². The Hall–Kier alpha value is -3.09. The second kappa shape index (κ2) is 10.6. The van der Waals surface area contributed by atoms with Crippen LogP contribution in [-0.2, 0) is 0 Å². The molecule has 0 radical (unpaired) electrons. The maximum Gasteiger partial charge on any atom is 0.191 e. The van der Waals surface area contributed by atoms with Crippen molar-refractivity contribution in [3.05, 3.63) is 48.5 Å². The first kappa shape index (κ1) is 21.6. The van der Waals surface area contributed by atoms with Crippen molar-refractivity contribution in [2.24, 2.45) is 4.99 Å². The fraction of sp³-hybridized carbons (Fsp3) is 0.435. The summed E-state index contributed by atoms with van der Waals surface area (Å²) in [7, 11) is 5.14. The van der Waals surface area contributed by atoms with Gasteiger partial charge in [0.2, 0.25) is 0 Å². The Labute approximate surface area is 179 Å². The third-order valence-corrected chi connectivity index (χ3v) is 5.13. The molecule has 3 rings (SSSR count). The Morgan fingerprint density at radius 2 is 1.73 bits per heavy atom. The Balaban J connectivity index is 1.49. The van der Waals surface area contributed by atoms with Gasteiger partial charge >= 0.3 is 0 Å². The van der Waals surface area contributed by atoms with E-state index < -0.39 is 0 Å². The molecule has 2 N–H and O–H groups in total. The SMILES string of the molecule is CN=C(NCC(C)Oc1ccccc1OC)NC1CCN(c2ccccc2OC)C1. The number of aliphatic imine (C=N–C) groups is 1. The second-order valence-corrected chi connectivity index (χ2v) is 7.28. The number of ether oxygens (including phenoxy) is 3. The summed E-state index contributed by atoms with van der Waals surface area (Å²) < 4.78 is 16.9. The van der Waals surface area contributed by atoms with Crippen molar-refractivity contribution >= 4 is 11.6 Å². The normalized spacial score (nSPS) is 17.4. The molecule has 2 aromatic carbocycles. The molecule has 1 fully saturated rings. The van der Waals surface area contributed by atoms with E-state index in [0.29, 0.717) is 12.6 Å². The molecule has 2 atom stereocenters. The van der Waals surface area contributed by atoms with Crippen LogP contribution < -0.4 is 29.7 Å². The van der Waals surface area contributed by atoms with Gasteiger partial charge in [0.15, 0.2) is 17.5 Å². The summed E-state index contributed by atoms with van der Waals surface area (Å²) in [6, 6.07) is 16.1. The first-order chi connectivity index (χ1) is 14.6. The number of rotatable bonds is 8. The highest BCUT2D eigenvalue weighted by molar-refractivity contribution is 5.80. The fourth-order valence-corrected chi connectivity index (χ4v) is 3.59. The number of hydrogen-bond donors (Lipinski definition) is 2. The standard InChI is InChI=1S/C23H32N4O3/c1-17(30-22-12-8-7-11-21(22)29-4)15-25-23(24-2)26-18-13-14-27(16-18)19-9-5-6-10-20(19)28-3/h5-12,17-18H,13-16H2,1-4H3,(H2,24,25,26). The van der Waals surface area contributed by atoms with E-state index >= 15 is 0 Å². The molecular weight excluding hydrogens is 380 g/mol. The summed E-state index contributed by atoms with van der Waals surface area (Å²) in [4.78, 5) is 6.71. The third kappa shape index (κ3) is 5.49. The zero-order valence-electron chi connectivity index (χ0n) is 18.2. The van der Waals surface area contributed by atoms with Crippen LogP contribution in [0.4, 0.5) is 5.69 Å². The molecular formula is C23H32N4O3. The highest BCUT2D eigenvalue weighted by Gasteiger charge is 2.25. The number of nitrogens with one attached hydrogen (secondary N) is 2. The van der Waals surface area contributed by atoms with Crippen molar-refractivity contribution in [3.8, 4) is 17.2 Å². The van der Waals surface area contributed by atoms with Gasteiger partial charge in [-0.2, -0.15) is 0 Å². The van der Waals surface area contributed by atoms with Crippen LogP contribution >= 0.6 is 0 Å². The Kier molecular flexibility index (Phi) is 7.65. The van der Waals surface area contributed by atoms with E-state index in [0.717, 1.165) is 48.4 Å². The van der Waals surface area contributed by atoms with Gasteiger partial charge in [0.05, 0.1) is 26.5 Å². The summed E-state index contributed by atoms with van der Waals surface area (Å²) in [6.07, 6.45) is 0.986. The zero-order chi connectivity index (χ0) is 21.3. The molecule has 7 heteroatoms. The number of guanidine groups is 1. The van der Waals surface area contributed by atoms with Gasteiger partial charge < -0.3 is 29.7 Å². The van der Waals surface area contributed by atoms with Gasteiger partial charge in [0.25, 0.3) is 0 Å². The molecule has 1 heterocycles. The highest BCUT2D eigenvalue weighted by atomic mass is 16.5. The Morgan fingerprint density at radius 1 is 1.07 bits per heavy atom. The Bertz CT molecular complexity index is 843. The summed E-state index contributed by atoms with van der Waals surface area (Å²) in [5.74, 6) is 3.15. The van der Waals surface area contributed by atoms with Gasteiger partial charge in [-0.1, -0.05) is 24.3 Å². The van der Waals surface area contributed by atoms with Crippen LogP contribution in [0.2, 0.25) is 0 Å². The first-order valence-electron chi connectivity index (χ1n) is 10.3. The molecule has 2 aromatic rings. The lowest BCUT2D eigenvalue weighted by atomic mass is 10.2. The maximum atomic E-state index is 6.01. The van der Waals surface area contributed by atoms with Crippen molar-refractivity contribution in [3.63, 3.8) is 0 Å². The molecule has 0 saturated carbocycles. The minimum atomic E-state index is -0.0477. The highest BCUT2D eigenvalue weighted by Crippen LogP contribution is 2.30. The Morgan fingerprint density at radius 3 is 2.43 bits per heavy atom. The maximum absolute atomic E-state index is 6.01. The van der Waals surface area contributed by atoms with E-state index in [1.165, 1.54) is 0 Å². The molecule has 0 aliphatic carbocycles. The molecule has 1 aliphatic heterocycles. The van der Waals surface area contributed by atoms with Crippen LogP contribution in [0.15, 0.2) is 53.5 Å². The summed E-state index contributed by atoms with van der Waals surface area (Å²) in [5.41, 5.74) is 1.13. The lowest BCUT2D eigenvalue weighted by molar-refractivity contribution is 0.213. The molecule has 30 heavy (non-hydrogen) atoms. The zero-order valence-corrected chi connectivity index (χ0v) is 18.2. The van der Waals surface area contributed by atoms with E-state index in [4.69, 9.17) is 14.2 Å².